The summed E-state index contributed by atoms with van der Waals surface area (Å²) >= 11 is 0. The zero-order valence-corrected chi connectivity index (χ0v) is 27.5. The van der Waals surface area contributed by atoms with Gasteiger partial charge in [0, 0.05) is 11.5 Å². The molecule has 2 aromatic carbocycles. The van der Waals surface area contributed by atoms with E-state index < -0.39 is 0 Å². The summed E-state index contributed by atoms with van der Waals surface area (Å²) in [5.41, 5.74) is 3.73. The van der Waals surface area contributed by atoms with Gasteiger partial charge >= 0.3 is 11.5 Å². The molecule has 6 nitrogen and oxygen atoms in total. The number of carbonyl (C=O) groups is 1. The van der Waals surface area contributed by atoms with E-state index >= 15 is 0 Å². The number of aliphatic hydroxyl groups excluding tert-OH is 1. The minimum absolute atomic E-state index is 0.0358. The molecule has 0 radical (unpaired) electrons. The second-order valence-electron chi connectivity index (χ2n) is 13.3. The van der Waals surface area contributed by atoms with Crippen molar-refractivity contribution in [2.75, 3.05) is 14.2 Å². The van der Waals surface area contributed by atoms with E-state index in [4.69, 9.17) is 18.6 Å². The van der Waals surface area contributed by atoms with E-state index in [9.17, 15) is 9.90 Å². The summed E-state index contributed by atoms with van der Waals surface area (Å²) in [7, 11) is 3.25. The van der Waals surface area contributed by atoms with Crippen molar-refractivity contribution in [2.24, 2.45) is 5.41 Å². The lowest BCUT2D eigenvalue weighted by Gasteiger charge is -2.28. The Kier molecular flexibility index (Phi) is 8.37. The third-order valence-electron chi connectivity index (χ3n) is 7.91. The molecule has 3 aromatic rings. The van der Waals surface area contributed by atoms with Crippen LogP contribution in [0.3, 0.4) is 0 Å². The van der Waals surface area contributed by atoms with Gasteiger partial charge in [-0.15, -0.1) is 0 Å². The Morgan fingerprint density at radius 2 is 1.44 bits per heavy atom. The quantitative estimate of drug-likeness (QED) is 0.223. The van der Waals surface area contributed by atoms with Crippen molar-refractivity contribution < 1.29 is 28.5 Å². The zero-order chi connectivity index (χ0) is 32.7. The summed E-state index contributed by atoms with van der Waals surface area (Å²) in [4.78, 5) is 13.7. The third kappa shape index (κ3) is 6.23. The van der Waals surface area contributed by atoms with E-state index in [1.807, 2.05) is 79.7 Å². The molecule has 0 unspecified atom stereocenters. The van der Waals surface area contributed by atoms with Crippen LogP contribution in [0.15, 0.2) is 112 Å². The lowest BCUT2D eigenvalue weighted by Crippen LogP contribution is -2.23. The Morgan fingerprint density at radius 3 is 2.02 bits per heavy atom. The Balaban J connectivity index is 1.61. The van der Waals surface area contributed by atoms with Gasteiger partial charge in [0.1, 0.15) is 34.3 Å². The predicted molar refractivity (Wildman–Crippen MR) is 179 cm³/mol. The maximum absolute atomic E-state index is 13.7. The Labute approximate surface area is 265 Å². The number of hydrogen-bond acceptors (Lipinski definition) is 5. The maximum Gasteiger partial charge on any atom is 0.364 e. The largest absolute Gasteiger partial charge is 0.506 e. The number of para-hydroxylation sites is 2. The fourth-order valence-corrected chi connectivity index (χ4v) is 5.24. The summed E-state index contributed by atoms with van der Waals surface area (Å²) in [5, 5.41) is 11.3. The molecule has 2 aliphatic rings. The lowest BCUT2D eigenvalue weighted by molar-refractivity contribution is -0.113. The van der Waals surface area contributed by atoms with Gasteiger partial charge in [-0.1, -0.05) is 45.0 Å². The number of allylic oxidation sites excluding steroid dienone is 8. The molecule has 0 bridgehead atoms. The molecule has 0 fully saturated rings. The summed E-state index contributed by atoms with van der Waals surface area (Å²) in [6.07, 6.45) is 5.50. The number of rotatable bonds is 6. The smallest absolute Gasteiger partial charge is 0.364 e. The number of carbonyl (C=O) groups excluding carboxylic acids is 1. The van der Waals surface area contributed by atoms with Crippen molar-refractivity contribution in [3.8, 4) is 22.8 Å². The number of ether oxygens (including phenoxy) is 3. The summed E-state index contributed by atoms with van der Waals surface area (Å²) in [6, 6.07) is 19.1. The molecule has 0 saturated heterocycles. The molecule has 1 N–H and O–H groups in total. The van der Waals surface area contributed by atoms with Crippen LogP contribution in [0.25, 0.3) is 22.7 Å². The van der Waals surface area contributed by atoms with Gasteiger partial charge < -0.3 is 19.3 Å². The topological polar surface area (TPSA) is 76.3 Å². The molecular weight excluding hydrogens is 564 g/mol. The van der Waals surface area contributed by atoms with Crippen molar-refractivity contribution in [2.45, 2.75) is 53.9 Å². The van der Waals surface area contributed by atoms with Crippen molar-refractivity contribution >= 4 is 17.1 Å². The van der Waals surface area contributed by atoms with E-state index in [1.54, 1.807) is 20.3 Å². The molecular formula is C39H41O6+. The molecule has 0 saturated carbocycles. The highest BCUT2D eigenvalue weighted by molar-refractivity contribution is 6.24. The van der Waals surface area contributed by atoms with E-state index in [2.05, 4.69) is 41.5 Å². The van der Waals surface area contributed by atoms with Crippen molar-refractivity contribution in [3.63, 3.8) is 0 Å². The molecule has 1 aliphatic carbocycles. The van der Waals surface area contributed by atoms with Gasteiger partial charge in [0.15, 0.2) is 0 Å². The second-order valence-corrected chi connectivity index (χ2v) is 13.3. The van der Waals surface area contributed by atoms with Gasteiger partial charge in [0.25, 0.3) is 0 Å². The number of benzene rings is 2. The third-order valence-corrected chi connectivity index (χ3v) is 7.91. The Bertz CT molecular complexity index is 1830. The number of Topliss-reactive ketones (excluding diaryl/α,β-unsaturated/α-hetero) is 1. The molecule has 1 aromatic heterocycles. The Morgan fingerprint density at radius 1 is 0.844 bits per heavy atom. The lowest BCUT2D eigenvalue weighted by atomic mass is 9.81. The molecule has 5 rings (SSSR count). The fourth-order valence-electron chi connectivity index (χ4n) is 5.24. The summed E-state index contributed by atoms with van der Waals surface area (Å²) in [6.45, 7) is 14.3. The highest BCUT2D eigenvalue weighted by Crippen LogP contribution is 2.42. The predicted octanol–water partition coefficient (Wildman–Crippen LogP) is 9.64. The van der Waals surface area contributed by atoms with Crippen LogP contribution in [-0.2, 0) is 14.9 Å². The first-order chi connectivity index (χ1) is 21.2. The van der Waals surface area contributed by atoms with Gasteiger partial charge in [0.05, 0.1) is 42.4 Å². The van der Waals surface area contributed by atoms with Gasteiger partial charge in [-0.05, 0) is 86.9 Å². The molecule has 0 amide bonds. The molecule has 232 valence electrons. The molecule has 0 atom stereocenters. The molecule has 6 heteroatoms. The maximum atomic E-state index is 13.7. The normalized spacial score (nSPS) is 17.4. The Hall–Kier alpha value is -4.84. The first kappa shape index (κ1) is 31.6. The van der Waals surface area contributed by atoms with E-state index in [0.717, 1.165) is 33.8 Å². The summed E-state index contributed by atoms with van der Waals surface area (Å²) in [5.74, 6) is 3.81. The second kappa shape index (κ2) is 11.9. The van der Waals surface area contributed by atoms with Gasteiger partial charge in [-0.25, -0.2) is 4.42 Å². The van der Waals surface area contributed by atoms with Crippen molar-refractivity contribution in [1.29, 1.82) is 0 Å². The van der Waals surface area contributed by atoms with Gasteiger partial charge in [-0.3, -0.25) is 4.79 Å². The minimum atomic E-state index is -0.305. The number of methoxy groups -OCH3 is 2. The molecule has 0 spiro atoms. The van der Waals surface area contributed by atoms with Gasteiger partial charge in [0.2, 0.25) is 5.78 Å². The van der Waals surface area contributed by atoms with E-state index in [0.29, 0.717) is 34.2 Å². The number of aliphatic hydroxyl groups is 1. The van der Waals surface area contributed by atoms with Crippen LogP contribution in [0.1, 0.15) is 65.4 Å². The first-order valence-corrected chi connectivity index (χ1v) is 15.0. The highest BCUT2D eigenvalue weighted by atomic mass is 16.5. The fraction of sp³-hybridized carbons (Fsp3) is 0.282. The highest BCUT2D eigenvalue weighted by Gasteiger charge is 2.37. The van der Waals surface area contributed by atoms with Crippen LogP contribution in [-0.4, -0.2) is 25.1 Å². The monoisotopic (exact) mass is 605 g/mol. The average Bonchev–Trinajstić information content (AvgIpc) is 3.02. The average molecular weight is 606 g/mol. The van der Waals surface area contributed by atoms with Crippen LogP contribution in [0.2, 0.25) is 0 Å². The van der Waals surface area contributed by atoms with Gasteiger partial charge in [-0.2, -0.15) is 0 Å². The van der Waals surface area contributed by atoms with Crippen molar-refractivity contribution in [1.82, 2.24) is 0 Å². The van der Waals surface area contributed by atoms with E-state index in [-0.39, 0.29) is 27.9 Å². The molecule has 1 aliphatic heterocycles. The molecule has 2 heterocycles. The number of ketones is 1. The number of hydrogen-bond donors (Lipinski definition) is 1. The first-order valence-electron chi connectivity index (χ1n) is 15.0. The van der Waals surface area contributed by atoms with Crippen LogP contribution in [0.5, 0.6) is 11.5 Å². The standard InChI is InChI=1S/C39H40O6/c1-23(25-21-32(45-34(22-25)39(5,6)7)27-15-11-13-17-30(27)43-9)35-36(40)28(37(35)41)18-24-19-31(44-33(20-24)38(2,3)4)26-14-10-12-16-29(26)42-8/h10-22H,1-9H3/p+1. The SMILES string of the molecule is COc1ccccc1C1=CC(=CC2=C(O)C(=C(C)c3cc(-c4ccccc4OC)[o+]c(C(C)(C)C)c3)C2=O)C=C(C(C)(C)C)O1. The van der Waals surface area contributed by atoms with Crippen LogP contribution in [0.4, 0.5) is 0 Å². The van der Waals surface area contributed by atoms with Crippen LogP contribution in [0, 0.1) is 5.41 Å². The zero-order valence-electron chi connectivity index (χ0n) is 27.5. The minimum Gasteiger partial charge on any atom is -0.506 e. The van der Waals surface area contributed by atoms with E-state index in [1.165, 1.54) is 0 Å². The van der Waals surface area contributed by atoms with Crippen molar-refractivity contribution in [3.05, 3.63) is 124 Å². The van der Waals surface area contributed by atoms with Crippen LogP contribution >= 0.6 is 0 Å². The summed E-state index contributed by atoms with van der Waals surface area (Å²) < 4.78 is 23.9. The van der Waals surface area contributed by atoms with Crippen LogP contribution < -0.4 is 9.47 Å². The molecule has 45 heavy (non-hydrogen) atoms.